The third kappa shape index (κ3) is 2.99. The molecule has 1 unspecified atom stereocenters. The number of piperidine rings is 1. The quantitative estimate of drug-likeness (QED) is 0.788. The number of hydrogen-bond acceptors (Lipinski definition) is 4. The highest BCUT2D eigenvalue weighted by Gasteiger charge is 2.46. The molecule has 116 valence electrons. The average molecular weight is 303 g/mol. The van der Waals surface area contributed by atoms with Crippen molar-refractivity contribution in [3.8, 4) is 0 Å². The number of hydrogen-bond donors (Lipinski definition) is 1. The van der Waals surface area contributed by atoms with E-state index in [0.29, 0.717) is 13.1 Å². The molecule has 0 aromatic carbocycles. The van der Waals surface area contributed by atoms with Gasteiger partial charge in [-0.3, -0.25) is 4.79 Å². The lowest BCUT2D eigenvalue weighted by Crippen LogP contribution is -2.64. The lowest BCUT2D eigenvalue weighted by Gasteiger charge is -2.44. The molecule has 1 atom stereocenters. The molecule has 0 radical (unpaired) electrons. The Morgan fingerprint density at radius 2 is 2.05 bits per heavy atom. The standard InChI is InChI=1S/C13H25N3O3S/c1-13(2)12(17)15(3)7-8-16(13)20(18,19)10-11-5-4-6-14-9-11/h11,14H,4-10H2,1-3H3. The van der Waals surface area contributed by atoms with Crippen LogP contribution in [0.15, 0.2) is 0 Å². The van der Waals surface area contributed by atoms with E-state index in [4.69, 9.17) is 0 Å². The first-order valence-electron chi connectivity index (χ1n) is 7.22. The first kappa shape index (κ1) is 15.7. The van der Waals surface area contributed by atoms with E-state index >= 15 is 0 Å². The van der Waals surface area contributed by atoms with Gasteiger partial charge in [-0.25, -0.2) is 8.42 Å². The zero-order valence-corrected chi connectivity index (χ0v) is 13.4. The minimum Gasteiger partial charge on any atom is -0.343 e. The van der Waals surface area contributed by atoms with Crippen LogP contribution in [0.1, 0.15) is 26.7 Å². The highest BCUT2D eigenvalue weighted by atomic mass is 32.2. The van der Waals surface area contributed by atoms with Crippen LogP contribution in [0.5, 0.6) is 0 Å². The third-order valence-corrected chi connectivity index (χ3v) is 6.52. The van der Waals surface area contributed by atoms with Crippen LogP contribution in [0.25, 0.3) is 0 Å². The summed E-state index contributed by atoms with van der Waals surface area (Å²) in [5.41, 5.74) is -0.978. The number of piperazine rings is 1. The number of carbonyl (C=O) groups excluding carboxylic acids is 1. The van der Waals surface area contributed by atoms with Crippen LogP contribution in [0.3, 0.4) is 0 Å². The van der Waals surface area contributed by atoms with Crippen LogP contribution >= 0.6 is 0 Å². The van der Waals surface area contributed by atoms with Crippen molar-refractivity contribution < 1.29 is 13.2 Å². The smallest absolute Gasteiger partial charge is 0.243 e. The molecule has 2 saturated heterocycles. The van der Waals surface area contributed by atoms with Crippen molar-refractivity contribution in [1.29, 1.82) is 0 Å². The van der Waals surface area contributed by atoms with Gasteiger partial charge in [0.1, 0.15) is 5.54 Å². The maximum atomic E-state index is 12.6. The van der Waals surface area contributed by atoms with Crippen molar-refractivity contribution in [2.45, 2.75) is 32.2 Å². The third-order valence-electron chi connectivity index (χ3n) is 4.31. The number of nitrogens with zero attached hydrogens (tertiary/aromatic N) is 2. The molecule has 2 aliphatic rings. The van der Waals surface area contributed by atoms with Crippen LogP contribution in [-0.2, 0) is 14.8 Å². The van der Waals surface area contributed by atoms with Crippen LogP contribution in [-0.4, -0.2) is 68.0 Å². The van der Waals surface area contributed by atoms with E-state index in [-0.39, 0.29) is 17.6 Å². The molecule has 1 N–H and O–H groups in total. The molecule has 0 aromatic rings. The molecule has 0 spiro atoms. The number of nitrogens with one attached hydrogen (secondary N) is 1. The van der Waals surface area contributed by atoms with Crippen LogP contribution < -0.4 is 5.32 Å². The zero-order chi connectivity index (χ0) is 15.0. The van der Waals surface area contributed by atoms with E-state index in [1.54, 1.807) is 25.8 Å². The maximum Gasteiger partial charge on any atom is 0.243 e. The van der Waals surface area contributed by atoms with Gasteiger partial charge < -0.3 is 10.2 Å². The summed E-state index contributed by atoms with van der Waals surface area (Å²) < 4.78 is 26.7. The molecular weight excluding hydrogens is 278 g/mol. The SMILES string of the molecule is CN1CCN(S(=O)(=O)CC2CCCNC2)C(C)(C)C1=O. The van der Waals surface area contributed by atoms with Crippen molar-refractivity contribution in [3.63, 3.8) is 0 Å². The lowest BCUT2D eigenvalue weighted by atomic mass is 10.0. The molecule has 2 aliphatic heterocycles. The second kappa shape index (κ2) is 5.61. The fraction of sp³-hybridized carbons (Fsp3) is 0.923. The minimum absolute atomic E-state index is 0.130. The van der Waals surface area contributed by atoms with Crippen molar-refractivity contribution >= 4 is 15.9 Å². The molecule has 1 amide bonds. The molecule has 0 bridgehead atoms. The summed E-state index contributed by atoms with van der Waals surface area (Å²) in [6.45, 7) is 5.96. The van der Waals surface area contributed by atoms with Crippen molar-refractivity contribution in [2.24, 2.45) is 5.92 Å². The summed E-state index contributed by atoms with van der Waals surface area (Å²) in [7, 11) is -1.68. The van der Waals surface area contributed by atoms with Gasteiger partial charge in [0.2, 0.25) is 15.9 Å². The summed E-state index contributed by atoms with van der Waals surface area (Å²) in [5, 5.41) is 3.24. The average Bonchev–Trinajstić information content (AvgIpc) is 2.36. The first-order chi connectivity index (χ1) is 9.25. The lowest BCUT2D eigenvalue weighted by molar-refractivity contribution is -0.142. The van der Waals surface area contributed by atoms with Gasteiger partial charge in [-0.1, -0.05) is 0 Å². The fourth-order valence-corrected chi connectivity index (χ4v) is 5.33. The van der Waals surface area contributed by atoms with Gasteiger partial charge in [-0.15, -0.1) is 0 Å². The van der Waals surface area contributed by atoms with Gasteiger partial charge in [0, 0.05) is 20.1 Å². The Labute approximate surface area is 121 Å². The van der Waals surface area contributed by atoms with E-state index in [9.17, 15) is 13.2 Å². The van der Waals surface area contributed by atoms with E-state index < -0.39 is 15.6 Å². The topological polar surface area (TPSA) is 69.7 Å². The number of rotatable bonds is 3. The van der Waals surface area contributed by atoms with E-state index in [1.165, 1.54) is 4.31 Å². The molecule has 7 heteroatoms. The number of likely N-dealkylation sites (N-methyl/N-ethyl adjacent to an activating group) is 1. The van der Waals surface area contributed by atoms with Gasteiger partial charge in [0.05, 0.1) is 5.75 Å². The highest BCUT2D eigenvalue weighted by Crippen LogP contribution is 2.27. The largest absolute Gasteiger partial charge is 0.343 e. The Kier molecular flexibility index (Phi) is 4.41. The van der Waals surface area contributed by atoms with Crippen molar-refractivity contribution in [1.82, 2.24) is 14.5 Å². The molecule has 0 saturated carbocycles. The van der Waals surface area contributed by atoms with E-state index in [0.717, 1.165) is 25.9 Å². The normalized spacial score (nSPS) is 28.6. The monoisotopic (exact) mass is 303 g/mol. The fourth-order valence-electron chi connectivity index (χ4n) is 3.14. The van der Waals surface area contributed by atoms with Crippen molar-refractivity contribution in [2.75, 3.05) is 39.0 Å². The Morgan fingerprint density at radius 1 is 1.35 bits per heavy atom. The number of sulfonamides is 1. The summed E-state index contributed by atoms with van der Waals surface area (Å²) in [6.07, 6.45) is 1.96. The van der Waals surface area contributed by atoms with E-state index in [2.05, 4.69) is 5.32 Å². The number of amides is 1. The van der Waals surface area contributed by atoms with Gasteiger partial charge in [-0.2, -0.15) is 4.31 Å². The van der Waals surface area contributed by atoms with Crippen LogP contribution in [0.4, 0.5) is 0 Å². The molecule has 2 heterocycles. The summed E-state index contributed by atoms with van der Waals surface area (Å²) >= 11 is 0. The predicted molar refractivity (Wildman–Crippen MR) is 77.8 cm³/mol. The Morgan fingerprint density at radius 3 is 2.65 bits per heavy atom. The van der Waals surface area contributed by atoms with Crippen LogP contribution in [0, 0.1) is 5.92 Å². The molecule has 2 rings (SSSR count). The Hall–Kier alpha value is -0.660. The van der Waals surface area contributed by atoms with Crippen molar-refractivity contribution in [3.05, 3.63) is 0 Å². The maximum absolute atomic E-state index is 12.6. The minimum atomic E-state index is -3.40. The molecule has 0 aromatic heterocycles. The molecule has 6 nitrogen and oxygen atoms in total. The summed E-state index contributed by atoms with van der Waals surface area (Å²) in [4.78, 5) is 13.8. The second-order valence-electron chi connectivity index (χ2n) is 6.35. The molecular formula is C13H25N3O3S. The predicted octanol–water partition coefficient (Wildman–Crippen LogP) is -0.132. The van der Waals surface area contributed by atoms with Gasteiger partial charge in [0.25, 0.3) is 0 Å². The van der Waals surface area contributed by atoms with Crippen LogP contribution in [0.2, 0.25) is 0 Å². The molecule has 2 fully saturated rings. The van der Waals surface area contributed by atoms with Gasteiger partial charge >= 0.3 is 0 Å². The zero-order valence-electron chi connectivity index (χ0n) is 12.6. The summed E-state index contributed by atoms with van der Waals surface area (Å²) in [5.74, 6) is 0.161. The highest BCUT2D eigenvalue weighted by molar-refractivity contribution is 7.89. The Balaban J connectivity index is 2.14. The first-order valence-corrected chi connectivity index (χ1v) is 8.83. The Bertz CT molecular complexity index is 469. The van der Waals surface area contributed by atoms with E-state index in [1.807, 2.05) is 0 Å². The molecule has 20 heavy (non-hydrogen) atoms. The second-order valence-corrected chi connectivity index (χ2v) is 8.29. The van der Waals surface area contributed by atoms with Gasteiger partial charge in [0.15, 0.2) is 0 Å². The molecule has 0 aliphatic carbocycles. The summed E-state index contributed by atoms with van der Waals surface area (Å²) in [6, 6.07) is 0. The number of carbonyl (C=O) groups is 1. The van der Waals surface area contributed by atoms with Gasteiger partial charge in [-0.05, 0) is 45.7 Å².